The number of amides is 2. The van der Waals surface area contributed by atoms with E-state index in [1.54, 1.807) is 18.5 Å². The molecule has 2 N–H and O–H groups in total. The summed E-state index contributed by atoms with van der Waals surface area (Å²) in [6, 6.07) is 5.57. The maximum absolute atomic E-state index is 12.0. The predicted molar refractivity (Wildman–Crippen MR) is 92.9 cm³/mol. The Morgan fingerprint density at radius 1 is 1.33 bits per heavy atom. The second-order valence-electron chi connectivity index (χ2n) is 7.71. The first-order chi connectivity index (χ1) is 11.2. The van der Waals surface area contributed by atoms with Crippen molar-refractivity contribution in [3.63, 3.8) is 0 Å². The van der Waals surface area contributed by atoms with Crippen molar-refractivity contribution in [2.75, 3.05) is 13.1 Å². The van der Waals surface area contributed by atoms with Crippen LogP contribution in [0.2, 0.25) is 0 Å². The molecule has 1 aromatic rings. The molecule has 0 saturated heterocycles. The number of nitrogens with one attached hydrogen (secondary N) is 1. The molecule has 1 aliphatic carbocycles. The highest BCUT2D eigenvalue weighted by Gasteiger charge is 2.33. The van der Waals surface area contributed by atoms with Gasteiger partial charge in [0.15, 0.2) is 0 Å². The van der Waals surface area contributed by atoms with Gasteiger partial charge in [-0.15, -0.1) is 0 Å². The van der Waals surface area contributed by atoms with E-state index in [1.807, 2.05) is 17.0 Å². The van der Waals surface area contributed by atoms with Crippen molar-refractivity contribution in [1.29, 1.82) is 0 Å². The van der Waals surface area contributed by atoms with E-state index in [0.29, 0.717) is 11.5 Å². The van der Waals surface area contributed by atoms with Crippen molar-refractivity contribution in [1.82, 2.24) is 10.4 Å². The molecule has 0 heterocycles. The molecule has 0 aliphatic heterocycles. The van der Waals surface area contributed by atoms with E-state index in [2.05, 4.69) is 20.8 Å². The van der Waals surface area contributed by atoms with Crippen LogP contribution in [0.5, 0.6) is 0 Å². The molecule has 0 aromatic heterocycles. The zero-order valence-electron chi connectivity index (χ0n) is 15.1. The van der Waals surface area contributed by atoms with Crippen molar-refractivity contribution in [2.24, 2.45) is 11.3 Å². The Morgan fingerprint density at radius 3 is 2.62 bits per heavy atom. The smallest absolute Gasteiger partial charge is 0.274 e. The van der Waals surface area contributed by atoms with Crippen molar-refractivity contribution in [3.8, 4) is 0 Å². The lowest BCUT2D eigenvalue weighted by atomic mass is 9.72. The fourth-order valence-electron chi connectivity index (χ4n) is 3.57. The Labute approximate surface area is 144 Å². The van der Waals surface area contributed by atoms with Crippen molar-refractivity contribution >= 4 is 11.8 Å². The fourth-order valence-corrected chi connectivity index (χ4v) is 3.57. The van der Waals surface area contributed by atoms with Gasteiger partial charge < -0.3 is 4.90 Å². The minimum absolute atomic E-state index is 0.00186. The topological polar surface area (TPSA) is 69.6 Å². The zero-order chi connectivity index (χ0) is 17.9. The lowest BCUT2D eigenvalue weighted by molar-refractivity contribution is -0.131. The zero-order valence-corrected chi connectivity index (χ0v) is 15.1. The van der Waals surface area contributed by atoms with Gasteiger partial charge in [-0.3, -0.25) is 14.8 Å². The van der Waals surface area contributed by atoms with Gasteiger partial charge in [-0.1, -0.05) is 26.8 Å². The quantitative estimate of drug-likeness (QED) is 0.643. The summed E-state index contributed by atoms with van der Waals surface area (Å²) in [6.07, 6.45) is 2.80. The van der Waals surface area contributed by atoms with Crippen molar-refractivity contribution < 1.29 is 14.8 Å². The van der Waals surface area contributed by atoms with Crippen LogP contribution in [0.25, 0.3) is 0 Å². The molecule has 0 fully saturated rings. The molecule has 5 heteroatoms. The molecule has 1 unspecified atom stereocenters. The fraction of sp³-hybridized carbons (Fsp3) is 0.579. The van der Waals surface area contributed by atoms with Crippen LogP contribution in [0.1, 0.15) is 55.6 Å². The summed E-state index contributed by atoms with van der Waals surface area (Å²) in [5.41, 5.74) is 4.54. The Balaban J connectivity index is 2.19. The van der Waals surface area contributed by atoms with Crippen LogP contribution in [0.4, 0.5) is 0 Å². The molecule has 1 aromatic carbocycles. The number of aryl methyl sites for hydroxylation is 1. The maximum atomic E-state index is 12.0. The van der Waals surface area contributed by atoms with Crippen LogP contribution in [-0.2, 0) is 17.6 Å². The van der Waals surface area contributed by atoms with Gasteiger partial charge in [0, 0.05) is 25.6 Å². The molecule has 1 aliphatic rings. The Bertz CT molecular complexity index is 627. The highest BCUT2D eigenvalue weighted by atomic mass is 16.5. The molecule has 5 nitrogen and oxygen atoms in total. The predicted octanol–water partition coefficient (Wildman–Crippen LogP) is 2.81. The average molecular weight is 332 g/mol. The summed E-state index contributed by atoms with van der Waals surface area (Å²) in [5.74, 6) is 0.0626. The molecule has 2 amide bonds. The lowest BCUT2D eigenvalue weighted by Gasteiger charge is -2.39. The number of carbonyl (C=O) groups is 2. The second-order valence-corrected chi connectivity index (χ2v) is 7.71. The number of fused-ring (bicyclic) bond motifs is 1. The number of rotatable bonds is 5. The lowest BCUT2D eigenvalue weighted by Crippen LogP contribution is -2.43. The van der Waals surface area contributed by atoms with Crippen molar-refractivity contribution in [2.45, 2.75) is 47.0 Å². The second kappa shape index (κ2) is 7.34. The first kappa shape index (κ1) is 18.5. The molecule has 0 radical (unpaired) electrons. The standard InChI is InChI=1S/C19H28N2O3/c1-13(2)11-21(14(3)22)12-19(4)8-7-15-5-6-16(18(23)20-24)9-17(15)10-19/h5-6,9,13,24H,7-8,10-12H2,1-4H3,(H,20,23). The van der Waals surface area contributed by atoms with Gasteiger partial charge in [0.1, 0.15) is 0 Å². The highest BCUT2D eigenvalue weighted by Crippen LogP contribution is 2.36. The van der Waals surface area contributed by atoms with E-state index in [9.17, 15) is 9.59 Å². The average Bonchev–Trinajstić information content (AvgIpc) is 2.52. The molecule has 0 bridgehead atoms. The van der Waals surface area contributed by atoms with Crippen LogP contribution >= 0.6 is 0 Å². The van der Waals surface area contributed by atoms with Crippen LogP contribution in [0, 0.1) is 11.3 Å². The van der Waals surface area contributed by atoms with Gasteiger partial charge in [-0.05, 0) is 53.9 Å². The molecule has 132 valence electrons. The van der Waals surface area contributed by atoms with Gasteiger partial charge in [-0.2, -0.15) is 0 Å². The number of nitrogens with zero attached hydrogens (tertiary/aromatic N) is 1. The van der Waals surface area contributed by atoms with Gasteiger partial charge in [-0.25, -0.2) is 5.48 Å². The van der Waals surface area contributed by atoms with E-state index in [0.717, 1.165) is 37.9 Å². The number of benzene rings is 1. The first-order valence-electron chi connectivity index (χ1n) is 8.56. The maximum Gasteiger partial charge on any atom is 0.274 e. The number of carbonyl (C=O) groups excluding carboxylic acids is 2. The van der Waals surface area contributed by atoms with E-state index < -0.39 is 5.91 Å². The SMILES string of the molecule is CC(=O)N(CC(C)C)CC1(C)CCc2ccc(C(=O)NO)cc2C1. The largest absolute Gasteiger partial charge is 0.342 e. The molecular weight excluding hydrogens is 304 g/mol. The first-order valence-corrected chi connectivity index (χ1v) is 8.56. The Morgan fingerprint density at radius 2 is 2.04 bits per heavy atom. The molecule has 2 rings (SSSR count). The minimum atomic E-state index is -0.491. The summed E-state index contributed by atoms with van der Waals surface area (Å²) in [4.78, 5) is 25.5. The minimum Gasteiger partial charge on any atom is -0.342 e. The summed E-state index contributed by atoms with van der Waals surface area (Å²) >= 11 is 0. The summed E-state index contributed by atoms with van der Waals surface area (Å²) in [5, 5.41) is 8.82. The van der Waals surface area contributed by atoms with Crippen LogP contribution in [0.15, 0.2) is 18.2 Å². The van der Waals surface area contributed by atoms with Gasteiger partial charge >= 0.3 is 0 Å². The normalized spacial score (nSPS) is 19.8. The van der Waals surface area contributed by atoms with Crippen LogP contribution < -0.4 is 5.48 Å². The molecule has 1 atom stereocenters. The number of hydrogen-bond donors (Lipinski definition) is 2. The molecule has 0 saturated carbocycles. The molecule has 0 spiro atoms. The monoisotopic (exact) mass is 332 g/mol. The van der Waals surface area contributed by atoms with Gasteiger partial charge in [0.25, 0.3) is 5.91 Å². The van der Waals surface area contributed by atoms with Crippen LogP contribution in [0.3, 0.4) is 0 Å². The number of hydroxylamine groups is 1. The Hall–Kier alpha value is -1.88. The number of hydrogen-bond acceptors (Lipinski definition) is 3. The van der Waals surface area contributed by atoms with E-state index in [4.69, 9.17) is 5.21 Å². The van der Waals surface area contributed by atoms with Crippen LogP contribution in [-0.4, -0.2) is 35.0 Å². The third-order valence-electron chi connectivity index (χ3n) is 4.79. The van der Waals surface area contributed by atoms with Gasteiger partial charge in [0.2, 0.25) is 5.91 Å². The van der Waals surface area contributed by atoms with E-state index in [1.165, 1.54) is 5.56 Å². The summed E-state index contributed by atoms with van der Waals surface area (Å²) in [7, 11) is 0. The summed E-state index contributed by atoms with van der Waals surface area (Å²) < 4.78 is 0. The van der Waals surface area contributed by atoms with Gasteiger partial charge in [0.05, 0.1) is 0 Å². The summed E-state index contributed by atoms with van der Waals surface area (Å²) in [6.45, 7) is 9.58. The third-order valence-corrected chi connectivity index (χ3v) is 4.79. The Kier molecular flexibility index (Phi) is 5.65. The van der Waals surface area contributed by atoms with E-state index >= 15 is 0 Å². The molecule has 24 heavy (non-hydrogen) atoms. The highest BCUT2D eigenvalue weighted by molar-refractivity contribution is 5.93. The van der Waals surface area contributed by atoms with E-state index in [-0.39, 0.29) is 11.3 Å². The van der Waals surface area contributed by atoms with Crippen molar-refractivity contribution in [3.05, 3.63) is 34.9 Å². The third kappa shape index (κ3) is 4.35. The molecular formula is C19H28N2O3.